The molecule has 1 atom stereocenters. The SMILES string of the molecule is C=CCCOCCNC(C)c1ccc(OC)c(Br)c1. The van der Waals surface area contributed by atoms with Crippen molar-refractivity contribution >= 4 is 15.9 Å². The summed E-state index contributed by atoms with van der Waals surface area (Å²) in [6.07, 6.45) is 2.77. The summed E-state index contributed by atoms with van der Waals surface area (Å²) in [5.74, 6) is 0.851. The minimum absolute atomic E-state index is 0.283. The van der Waals surface area contributed by atoms with Gasteiger partial charge < -0.3 is 14.8 Å². The average Bonchev–Trinajstić information content (AvgIpc) is 2.42. The Morgan fingerprint density at radius 3 is 2.84 bits per heavy atom. The Morgan fingerprint density at radius 1 is 1.42 bits per heavy atom. The standard InChI is InChI=1S/C15H22BrNO2/c1-4-5-9-19-10-8-17-12(2)13-6-7-15(18-3)14(16)11-13/h4,6-7,11-12,17H,1,5,8-10H2,2-3H3. The highest BCUT2D eigenvalue weighted by Gasteiger charge is 2.07. The highest BCUT2D eigenvalue weighted by Crippen LogP contribution is 2.27. The summed E-state index contributed by atoms with van der Waals surface area (Å²) in [7, 11) is 1.67. The summed E-state index contributed by atoms with van der Waals surface area (Å²) in [6, 6.07) is 6.40. The minimum atomic E-state index is 0.283. The lowest BCUT2D eigenvalue weighted by Gasteiger charge is -2.15. The largest absolute Gasteiger partial charge is 0.496 e. The number of nitrogens with one attached hydrogen (secondary N) is 1. The Balaban J connectivity index is 2.34. The van der Waals surface area contributed by atoms with Crippen molar-refractivity contribution < 1.29 is 9.47 Å². The predicted octanol–water partition coefficient (Wildman–Crippen LogP) is 3.70. The van der Waals surface area contributed by atoms with Crippen LogP contribution in [-0.4, -0.2) is 26.9 Å². The van der Waals surface area contributed by atoms with Gasteiger partial charge in [0.05, 0.1) is 24.8 Å². The first-order chi connectivity index (χ1) is 9.19. The average molecular weight is 328 g/mol. The van der Waals surface area contributed by atoms with Crippen LogP contribution in [0, 0.1) is 0 Å². The normalized spacial score (nSPS) is 12.2. The number of hydrogen-bond donors (Lipinski definition) is 1. The lowest BCUT2D eigenvalue weighted by molar-refractivity contribution is 0.138. The van der Waals surface area contributed by atoms with Gasteiger partial charge in [0.1, 0.15) is 5.75 Å². The molecule has 0 bridgehead atoms. The van der Waals surface area contributed by atoms with Gasteiger partial charge in [-0.1, -0.05) is 12.1 Å². The molecule has 1 unspecified atom stereocenters. The fraction of sp³-hybridized carbons (Fsp3) is 0.467. The molecule has 0 radical (unpaired) electrons. The topological polar surface area (TPSA) is 30.5 Å². The Hall–Kier alpha value is -0.840. The van der Waals surface area contributed by atoms with Crippen molar-refractivity contribution in [1.82, 2.24) is 5.32 Å². The van der Waals surface area contributed by atoms with Crippen molar-refractivity contribution in [3.63, 3.8) is 0 Å². The van der Waals surface area contributed by atoms with Crippen molar-refractivity contribution in [2.24, 2.45) is 0 Å². The molecule has 0 spiro atoms. The Bertz CT molecular complexity index is 396. The molecule has 4 heteroatoms. The van der Waals surface area contributed by atoms with Crippen molar-refractivity contribution in [2.75, 3.05) is 26.9 Å². The number of ether oxygens (including phenoxy) is 2. The van der Waals surface area contributed by atoms with E-state index >= 15 is 0 Å². The van der Waals surface area contributed by atoms with E-state index in [9.17, 15) is 0 Å². The van der Waals surface area contributed by atoms with Crippen LogP contribution in [0.15, 0.2) is 35.3 Å². The quantitative estimate of drug-likeness (QED) is 0.554. The summed E-state index contributed by atoms with van der Waals surface area (Å²) >= 11 is 3.50. The molecule has 1 aromatic carbocycles. The van der Waals surface area contributed by atoms with Gasteiger partial charge in [-0.05, 0) is 47.0 Å². The fourth-order valence-corrected chi connectivity index (χ4v) is 2.24. The molecule has 0 saturated heterocycles. The molecule has 0 saturated carbocycles. The molecule has 106 valence electrons. The summed E-state index contributed by atoms with van der Waals surface area (Å²) in [6.45, 7) is 8.09. The molecule has 0 aromatic heterocycles. The van der Waals surface area contributed by atoms with E-state index in [1.54, 1.807) is 7.11 Å². The zero-order chi connectivity index (χ0) is 14.1. The second kappa shape index (κ2) is 9.13. The van der Waals surface area contributed by atoms with Crippen LogP contribution in [0.25, 0.3) is 0 Å². The smallest absolute Gasteiger partial charge is 0.133 e. The second-order valence-electron chi connectivity index (χ2n) is 4.26. The van der Waals surface area contributed by atoms with Gasteiger partial charge in [0.2, 0.25) is 0 Å². The van der Waals surface area contributed by atoms with E-state index in [4.69, 9.17) is 9.47 Å². The van der Waals surface area contributed by atoms with Gasteiger partial charge in [-0.3, -0.25) is 0 Å². The molecule has 0 fully saturated rings. The van der Waals surface area contributed by atoms with Gasteiger partial charge in [-0.25, -0.2) is 0 Å². The number of halogens is 1. The number of rotatable bonds is 9. The molecular weight excluding hydrogens is 306 g/mol. The predicted molar refractivity (Wildman–Crippen MR) is 82.7 cm³/mol. The molecule has 1 N–H and O–H groups in total. The van der Waals surface area contributed by atoms with Gasteiger partial charge in [-0.2, -0.15) is 0 Å². The van der Waals surface area contributed by atoms with E-state index in [1.807, 2.05) is 12.1 Å². The Morgan fingerprint density at radius 2 is 2.21 bits per heavy atom. The van der Waals surface area contributed by atoms with Crippen LogP contribution < -0.4 is 10.1 Å². The van der Waals surface area contributed by atoms with Crippen LogP contribution in [0.3, 0.4) is 0 Å². The highest BCUT2D eigenvalue weighted by atomic mass is 79.9. The van der Waals surface area contributed by atoms with Crippen LogP contribution in [0.5, 0.6) is 5.75 Å². The lowest BCUT2D eigenvalue weighted by atomic mass is 10.1. The lowest BCUT2D eigenvalue weighted by Crippen LogP contribution is -2.23. The summed E-state index contributed by atoms with van der Waals surface area (Å²) in [4.78, 5) is 0. The first kappa shape index (κ1) is 16.2. The second-order valence-corrected chi connectivity index (χ2v) is 5.11. The maximum atomic E-state index is 5.46. The van der Waals surface area contributed by atoms with Gasteiger partial charge in [0.15, 0.2) is 0 Å². The molecule has 1 rings (SSSR count). The fourth-order valence-electron chi connectivity index (χ4n) is 1.69. The number of hydrogen-bond acceptors (Lipinski definition) is 3. The van der Waals surface area contributed by atoms with Gasteiger partial charge in [0, 0.05) is 12.6 Å². The van der Waals surface area contributed by atoms with E-state index in [1.165, 1.54) is 5.56 Å². The molecule has 3 nitrogen and oxygen atoms in total. The monoisotopic (exact) mass is 327 g/mol. The van der Waals surface area contributed by atoms with Crippen LogP contribution in [0.4, 0.5) is 0 Å². The minimum Gasteiger partial charge on any atom is -0.496 e. The van der Waals surface area contributed by atoms with Gasteiger partial charge in [0.25, 0.3) is 0 Å². The number of methoxy groups -OCH3 is 1. The zero-order valence-electron chi connectivity index (χ0n) is 11.6. The third-order valence-corrected chi connectivity index (χ3v) is 3.46. The Labute approximate surface area is 124 Å². The molecular formula is C15H22BrNO2. The van der Waals surface area contributed by atoms with E-state index < -0.39 is 0 Å². The van der Waals surface area contributed by atoms with E-state index in [2.05, 4.69) is 46.9 Å². The molecule has 19 heavy (non-hydrogen) atoms. The maximum absolute atomic E-state index is 5.46. The third-order valence-electron chi connectivity index (χ3n) is 2.84. The molecule has 0 aliphatic rings. The van der Waals surface area contributed by atoms with E-state index in [-0.39, 0.29) is 6.04 Å². The van der Waals surface area contributed by atoms with Crippen LogP contribution in [0.2, 0.25) is 0 Å². The van der Waals surface area contributed by atoms with Crippen molar-refractivity contribution in [2.45, 2.75) is 19.4 Å². The van der Waals surface area contributed by atoms with E-state index in [0.717, 1.165) is 36.4 Å². The van der Waals surface area contributed by atoms with Crippen LogP contribution in [0.1, 0.15) is 24.9 Å². The Kier molecular flexibility index (Phi) is 7.79. The van der Waals surface area contributed by atoms with Crippen LogP contribution in [-0.2, 0) is 4.74 Å². The van der Waals surface area contributed by atoms with Gasteiger partial charge >= 0.3 is 0 Å². The van der Waals surface area contributed by atoms with Crippen molar-refractivity contribution in [1.29, 1.82) is 0 Å². The zero-order valence-corrected chi connectivity index (χ0v) is 13.2. The first-order valence-electron chi connectivity index (χ1n) is 6.44. The van der Waals surface area contributed by atoms with Crippen molar-refractivity contribution in [3.05, 3.63) is 40.9 Å². The first-order valence-corrected chi connectivity index (χ1v) is 7.23. The number of benzene rings is 1. The summed E-state index contributed by atoms with van der Waals surface area (Å²) < 4.78 is 11.7. The summed E-state index contributed by atoms with van der Waals surface area (Å²) in [5, 5.41) is 3.43. The molecule has 1 aromatic rings. The molecule has 0 aliphatic heterocycles. The molecule has 0 heterocycles. The third kappa shape index (κ3) is 5.76. The molecule has 0 aliphatic carbocycles. The highest BCUT2D eigenvalue weighted by molar-refractivity contribution is 9.10. The van der Waals surface area contributed by atoms with Crippen molar-refractivity contribution in [3.8, 4) is 5.75 Å². The summed E-state index contributed by atoms with van der Waals surface area (Å²) in [5.41, 5.74) is 1.22. The van der Waals surface area contributed by atoms with Gasteiger partial charge in [-0.15, -0.1) is 6.58 Å². The molecule has 0 amide bonds. The van der Waals surface area contributed by atoms with Crippen LogP contribution >= 0.6 is 15.9 Å². The van der Waals surface area contributed by atoms with E-state index in [0.29, 0.717) is 0 Å². The maximum Gasteiger partial charge on any atom is 0.133 e.